The molecule has 0 saturated carbocycles. The zero-order valence-corrected chi connectivity index (χ0v) is 15.3. The molecule has 1 saturated heterocycles. The van der Waals surface area contributed by atoms with Gasteiger partial charge in [0.15, 0.2) is 5.13 Å². The predicted molar refractivity (Wildman–Crippen MR) is 97.3 cm³/mol. The first-order valence-electron chi connectivity index (χ1n) is 7.59. The number of rotatable bonds is 3. The van der Waals surface area contributed by atoms with Crippen molar-refractivity contribution in [1.82, 2.24) is 4.98 Å². The highest BCUT2D eigenvalue weighted by Crippen LogP contribution is 2.31. The van der Waals surface area contributed by atoms with Crippen LogP contribution in [-0.4, -0.2) is 28.3 Å². The standard InChI is InChI=1S/C16H20BrN3OS/c1-16(2,17)14(21)19-15-18-12-7-6-11(10-13(12)22-15)20-8-4-3-5-9-20/h6-7,10H,3-5,8-9H2,1-2H3,(H,18,19,21). The van der Waals surface area contributed by atoms with E-state index in [1.807, 2.05) is 19.9 Å². The summed E-state index contributed by atoms with van der Waals surface area (Å²) in [5, 5.41) is 3.53. The summed E-state index contributed by atoms with van der Waals surface area (Å²) in [7, 11) is 0. The molecule has 0 atom stereocenters. The van der Waals surface area contributed by atoms with Gasteiger partial charge in [0.05, 0.1) is 14.5 Å². The van der Waals surface area contributed by atoms with Gasteiger partial charge in [-0.1, -0.05) is 27.3 Å². The van der Waals surface area contributed by atoms with E-state index in [1.54, 1.807) is 0 Å². The van der Waals surface area contributed by atoms with E-state index in [9.17, 15) is 4.79 Å². The first-order chi connectivity index (χ1) is 10.4. The zero-order chi connectivity index (χ0) is 15.7. The lowest BCUT2D eigenvalue weighted by Gasteiger charge is -2.28. The number of aromatic nitrogens is 1. The molecule has 1 fully saturated rings. The molecule has 0 radical (unpaired) electrons. The molecule has 2 heterocycles. The second-order valence-electron chi connectivity index (χ2n) is 6.15. The molecule has 1 aliphatic rings. The average molecular weight is 382 g/mol. The lowest BCUT2D eigenvalue weighted by Crippen LogP contribution is -2.30. The number of amides is 1. The van der Waals surface area contributed by atoms with Gasteiger partial charge in [-0.05, 0) is 51.3 Å². The Bertz CT molecular complexity index is 686. The Labute approximate surface area is 143 Å². The van der Waals surface area contributed by atoms with Crippen LogP contribution in [0.1, 0.15) is 33.1 Å². The van der Waals surface area contributed by atoms with Gasteiger partial charge in [-0.15, -0.1) is 0 Å². The number of benzene rings is 1. The van der Waals surface area contributed by atoms with Crippen LogP contribution < -0.4 is 10.2 Å². The molecule has 118 valence electrons. The van der Waals surface area contributed by atoms with Crippen LogP contribution in [0, 0.1) is 0 Å². The third kappa shape index (κ3) is 3.43. The van der Waals surface area contributed by atoms with Gasteiger partial charge in [0.2, 0.25) is 5.91 Å². The van der Waals surface area contributed by atoms with Crippen molar-refractivity contribution >= 4 is 54.2 Å². The molecule has 4 nitrogen and oxygen atoms in total. The number of hydrogen-bond donors (Lipinski definition) is 1. The van der Waals surface area contributed by atoms with Crippen molar-refractivity contribution < 1.29 is 4.79 Å². The number of fused-ring (bicyclic) bond motifs is 1. The highest BCUT2D eigenvalue weighted by Gasteiger charge is 2.24. The van der Waals surface area contributed by atoms with Crippen molar-refractivity contribution in [3.05, 3.63) is 18.2 Å². The van der Waals surface area contributed by atoms with Gasteiger partial charge in [0.25, 0.3) is 0 Å². The Hall–Kier alpha value is -1.14. The highest BCUT2D eigenvalue weighted by atomic mass is 79.9. The van der Waals surface area contributed by atoms with E-state index >= 15 is 0 Å². The van der Waals surface area contributed by atoms with E-state index in [-0.39, 0.29) is 5.91 Å². The number of anilines is 2. The molecular weight excluding hydrogens is 362 g/mol. The molecular formula is C16H20BrN3OS. The number of carbonyl (C=O) groups excluding carboxylic acids is 1. The van der Waals surface area contributed by atoms with Crippen molar-refractivity contribution in [2.24, 2.45) is 0 Å². The average Bonchev–Trinajstić information content (AvgIpc) is 2.88. The van der Waals surface area contributed by atoms with Crippen LogP contribution in [0.2, 0.25) is 0 Å². The maximum atomic E-state index is 12.0. The Morgan fingerprint density at radius 1 is 1.32 bits per heavy atom. The Kier molecular flexibility index (Phi) is 4.41. The van der Waals surface area contributed by atoms with Crippen molar-refractivity contribution in [1.29, 1.82) is 0 Å². The van der Waals surface area contributed by atoms with E-state index in [4.69, 9.17) is 0 Å². The van der Waals surface area contributed by atoms with Gasteiger partial charge >= 0.3 is 0 Å². The number of piperidine rings is 1. The van der Waals surface area contributed by atoms with Gasteiger partial charge in [-0.25, -0.2) is 4.98 Å². The van der Waals surface area contributed by atoms with E-state index in [1.165, 1.54) is 36.3 Å². The number of halogens is 1. The molecule has 22 heavy (non-hydrogen) atoms. The SMILES string of the molecule is CC(C)(Br)C(=O)Nc1nc2ccc(N3CCCCC3)cc2s1. The summed E-state index contributed by atoms with van der Waals surface area (Å²) >= 11 is 4.90. The molecule has 1 aliphatic heterocycles. The van der Waals surface area contributed by atoms with E-state index < -0.39 is 4.32 Å². The quantitative estimate of drug-likeness (QED) is 0.801. The fraction of sp³-hybridized carbons (Fsp3) is 0.500. The van der Waals surface area contributed by atoms with E-state index in [0.717, 1.165) is 23.3 Å². The van der Waals surface area contributed by atoms with Gasteiger partial charge in [0, 0.05) is 18.8 Å². The van der Waals surface area contributed by atoms with Crippen molar-refractivity contribution in [2.45, 2.75) is 37.4 Å². The third-order valence-corrected chi connectivity index (χ3v) is 5.15. The highest BCUT2D eigenvalue weighted by molar-refractivity contribution is 9.10. The maximum Gasteiger partial charge on any atom is 0.242 e. The third-order valence-electron chi connectivity index (χ3n) is 3.85. The molecule has 0 bridgehead atoms. The Morgan fingerprint density at radius 3 is 2.73 bits per heavy atom. The first kappa shape index (κ1) is 15.7. The summed E-state index contributed by atoms with van der Waals surface area (Å²) in [6.07, 6.45) is 3.86. The van der Waals surface area contributed by atoms with Gasteiger partial charge in [0.1, 0.15) is 0 Å². The van der Waals surface area contributed by atoms with Crippen LogP contribution in [0.25, 0.3) is 10.2 Å². The van der Waals surface area contributed by atoms with Crippen LogP contribution in [0.5, 0.6) is 0 Å². The monoisotopic (exact) mass is 381 g/mol. The second kappa shape index (κ2) is 6.16. The largest absolute Gasteiger partial charge is 0.371 e. The normalized spacial score (nSPS) is 16.0. The summed E-state index contributed by atoms with van der Waals surface area (Å²) in [6.45, 7) is 5.91. The molecule has 2 aromatic rings. The Morgan fingerprint density at radius 2 is 2.05 bits per heavy atom. The number of nitrogens with zero attached hydrogens (tertiary/aromatic N) is 2. The fourth-order valence-electron chi connectivity index (χ4n) is 2.56. The molecule has 3 rings (SSSR count). The number of hydrogen-bond acceptors (Lipinski definition) is 4. The van der Waals surface area contributed by atoms with Crippen LogP contribution in [0.4, 0.5) is 10.8 Å². The van der Waals surface area contributed by atoms with Gasteiger partial charge in [-0.3, -0.25) is 4.79 Å². The summed E-state index contributed by atoms with van der Waals surface area (Å²) in [5.41, 5.74) is 2.20. The van der Waals surface area contributed by atoms with Crippen LogP contribution in [0.3, 0.4) is 0 Å². The molecule has 1 amide bonds. The van der Waals surface area contributed by atoms with Crippen molar-refractivity contribution in [3.8, 4) is 0 Å². The lowest BCUT2D eigenvalue weighted by molar-refractivity contribution is -0.117. The minimum Gasteiger partial charge on any atom is -0.371 e. The molecule has 6 heteroatoms. The smallest absolute Gasteiger partial charge is 0.242 e. The summed E-state index contributed by atoms with van der Waals surface area (Å²) in [6, 6.07) is 6.37. The topological polar surface area (TPSA) is 45.2 Å². The van der Waals surface area contributed by atoms with Crippen LogP contribution in [-0.2, 0) is 4.79 Å². The maximum absolute atomic E-state index is 12.0. The van der Waals surface area contributed by atoms with E-state index in [2.05, 4.69) is 43.3 Å². The summed E-state index contributed by atoms with van der Waals surface area (Å²) < 4.78 is 0.523. The van der Waals surface area contributed by atoms with Crippen LogP contribution >= 0.6 is 27.3 Å². The summed E-state index contributed by atoms with van der Waals surface area (Å²) in [4.78, 5) is 19.0. The number of nitrogens with one attached hydrogen (secondary N) is 1. The minimum absolute atomic E-state index is 0.0807. The zero-order valence-electron chi connectivity index (χ0n) is 12.9. The lowest BCUT2D eigenvalue weighted by atomic mass is 10.1. The second-order valence-corrected chi connectivity index (χ2v) is 9.16. The Balaban J connectivity index is 1.82. The van der Waals surface area contributed by atoms with Crippen molar-refractivity contribution in [3.63, 3.8) is 0 Å². The molecule has 1 aromatic carbocycles. The number of thiazole rings is 1. The van der Waals surface area contributed by atoms with Gasteiger partial charge < -0.3 is 10.2 Å². The minimum atomic E-state index is -0.593. The molecule has 0 aliphatic carbocycles. The van der Waals surface area contributed by atoms with Crippen molar-refractivity contribution in [2.75, 3.05) is 23.3 Å². The summed E-state index contributed by atoms with van der Waals surface area (Å²) in [5.74, 6) is -0.0807. The first-order valence-corrected chi connectivity index (χ1v) is 9.20. The fourth-order valence-corrected chi connectivity index (χ4v) is 3.55. The number of alkyl halides is 1. The molecule has 1 aromatic heterocycles. The molecule has 1 N–H and O–H groups in total. The van der Waals surface area contributed by atoms with E-state index in [0.29, 0.717) is 5.13 Å². The van der Waals surface area contributed by atoms with Crippen LogP contribution in [0.15, 0.2) is 18.2 Å². The number of carbonyl (C=O) groups is 1. The van der Waals surface area contributed by atoms with Gasteiger partial charge in [-0.2, -0.15) is 0 Å². The predicted octanol–water partition coefficient (Wildman–Crippen LogP) is 4.40. The molecule has 0 spiro atoms. The molecule has 0 unspecified atom stereocenters.